The fourth-order valence-corrected chi connectivity index (χ4v) is 2.52. The molecule has 0 radical (unpaired) electrons. The normalized spacial score (nSPS) is 11.0. The summed E-state index contributed by atoms with van der Waals surface area (Å²) < 4.78 is 6.43. The number of pyridine rings is 1. The molecule has 0 aliphatic rings. The largest absolute Gasteiger partial charge is 0.465 e. The molecule has 6 nitrogen and oxygen atoms in total. The van der Waals surface area contributed by atoms with Crippen LogP contribution in [0.5, 0.6) is 0 Å². The van der Waals surface area contributed by atoms with Gasteiger partial charge in [0.25, 0.3) is 0 Å². The molecule has 2 aromatic heterocycles. The summed E-state index contributed by atoms with van der Waals surface area (Å²) in [6.07, 6.45) is 0. The first kappa shape index (κ1) is 13.4. The Labute approximate surface area is 131 Å². The van der Waals surface area contributed by atoms with Gasteiger partial charge in [0.1, 0.15) is 5.52 Å². The van der Waals surface area contributed by atoms with Crippen LogP contribution in [0.2, 0.25) is 0 Å². The highest BCUT2D eigenvalue weighted by Gasteiger charge is 2.10. The Kier molecular flexibility index (Phi) is 3.01. The Morgan fingerprint density at radius 1 is 1.04 bits per heavy atom. The summed E-state index contributed by atoms with van der Waals surface area (Å²) in [6, 6.07) is 16.7. The molecule has 0 N–H and O–H groups in total. The Balaban J connectivity index is 1.84. The third-order valence-corrected chi connectivity index (χ3v) is 3.66. The van der Waals surface area contributed by atoms with Crippen molar-refractivity contribution in [2.75, 3.05) is 7.11 Å². The van der Waals surface area contributed by atoms with E-state index >= 15 is 0 Å². The number of fused-ring (bicyclic) bond motifs is 2. The summed E-state index contributed by atoms with van der Waals surface area (Å²) in [5, 5.41) is 9.16. The van der Waals surface area contributed by atoms with Crippen LogP contribution in [0, 0.1) is 0 Å². The number of carbonyl (C=O) groups is 1. The van der Waals surface area contributed by atoms with Crippen LogP contribution in [0.4, 0.5) is 0 Å². The third kappa shape index (κ3) is 2.20. The van der Waals surface area contributed by atoms with Gasteiger partial charge in [-0.05, 0) is 42.5 Å². The smallest absolute Gasteiger partial charge is 0.337 e. The van der Waals surface area contributed by atoms with Gasteiger partial charge in [-0.15, -0.1) is 5.10 Å². The lowest BCUT2D eigenvalue weighted by Crippen LogP contribution is -2.02. The predicted molar refractivity (Wildman–Crippen MR) is 85.5 cm³/mol. The molecular formula is C17H12N4O2. The molecule has 4 aromatic rings. The maximum atomic E-state index is 11.6. The average Bonchev–Trinajstić information content (AvgIpc) is 3.04. The van der Waals surface area contributed by atoms with Gasteiger partial charge in [-0.3, -0.25) is 0 Å². The molecule has 0 aliphatic carbocycles. The number of hydrogen-bond acceptors (Lipinski definition) is 5. The fraction of sp³-hybridized carbons (Fsp3) is 0.0588. The number of methoxy groups -OCH3 is 1. The van der Waals surface area contributed by atoms with Crippen molar-refractivity contribution >= 4 is 27.9 Å². The van der Waals surface area contributed by atoms with Gasteiger partial charge >= 0.3 is 5.97 Å². The molecular weight excluding hydrogens is 292 g/mol. The summed E-state index contributed by atoms with van der Waals surface area (Å²) in [4.78, 5) is 16.2. The number of esters is 1. The average molecular weight is 304 g/mol. The third-order valence-electron chi connectivity index (χ3n) is 3.66. The van der Waals surface area contributed by atoms with E-state index in [2.05, 4.69) is 15.3 Å². The van der Waals surface area contributed by atoms with E-state index < -0.39 is 0 Å². The lowest BCUT2D eigenvalue weighted by molar-refractivity contribution is 0.0601. The minimum atomic E-state index is -0.363. The maximum Gasteiger partial charge on any atom is 0.337 e. The van der Waals surface area contributed by atoms with E-state index in [1.54, 1.807) is 22.9 Å². The first-order valence-corrected chi connectivity index (χ1v) is 7.06. The van der Waals surface area contributed by atoms with Gasteiger partial charge in [0.2, 0.25) is 0 Å². The molecule has 0 atom stereocenters. The number of para-hydroxylation sites is 1. The highest BCUT2D eigenvalue weighted by atomic mass is 16.5. The first-order chi connectivity index (χ1) is 11.3. The van der Waals surface area contributed by atoms with Crippen LogP contribution in [0.1, 0.15) is 10.4 Å². The second-order valence-electron chi connectivity index (χ2n) is 5.06. The number of ether oxygens (including phenoxy) is 1. The molecule has 0 saturated carbocycles. The number of hydrogen-bond donors (Lipinski definition) is 0. The molecule has 0 amide bonds. The molecule has 4 rings (SSSR count). The van der Waals surface area contributed by atoms with Gasteiger partial charge < -0.3 is 4.74 Å². The predicted octanol–water partition coefficient (Wildman–Crippen LogP) is 2.76. The van der Waals surface area contributed by atoms with E-state index in [4.69, 9.17) is 4.74 Å². The van der Waals surface area contributed by atoms with E-state index in [-0.39, 0.29) is 5.97 Å². The number of aromatic nitrogens is 4. The standard InChI is InChI=1S/C17H12N4O2/c1-23-17(22)12-6-8-13-11(10-12)7-9-16(18-13)21-15-5-3-2-4-14(15)19-20-21/h2-10H,1H3. The number of carbonyl (C=O) groups excluding carboxylic acids is 1. The number of nitrogens with zero attached hydrogens (tertiary/aromatic N) is 4. The lowest BCUT2D eigenvalue weighted by Gasteiger charge is -2.05. The van der Waals surface area contributed by atoms with Crippen molar-refractivity contribution in [2.45, 2.75) is 0 Å². The van der Waals surface area contributed by atoms with Crippen molar-refractivity contribution in [3.05, 3.63) is 60.2 Å². The van der Waals surface area contributed by atoms with E-state index in [1.807, 2.05) is 36.4 Å². The Bertz CT molecular complexity index is 1040. The minimum Gasteiger partial charge on any atom is -0.465 e. The van der Waals surface area contributed by atoms with E-state index in [1.165, 1.54) is 7.11 Å². The summed E-state index contributed by atoms with van der Waals surface area (Å²) in [7, 11) is 1.36. The quantitative estimate of drug-likeness (QED) is 0.533. The number of benzene rings is 2. The SMILES string of the molecule is COC(=O)c1ccc2nc(-n3nnc4ccccc43)ccc2c1. The summed E-state index contributed by atoms with van der Waals surface area (Å²) in [6.45, 7) is 0. The molecule has 23 heavy (non-hydrogen) atoms. The molecule has 0 bridgehead atoms. The van der Waals surface area contributed by atoms with E-state index in [0.717, 1.165) is 21.9 Å². The van der Waals surface area contributed by atoms with Crippen molar-refractivity contribution in [2.24, 2.45) is 0 Å². The van der Waals surface area contributed by atoms with Crippen molar-refractivity contribution in [1.82, 2.24) is 20.0 Å². The highest BCUT2D eigenvalue weighted by molar-refractivity contribution is 5.94. The van der Waals surface area contributed by atoms with Gasteiger partial charge in [0, 0.05) is 5.39 Å². The van der Waals surface area contributed by atoms with E-state index in [9.17, 15) is 4.79 Å². The fourth-order valence-electron chi connectivity index (χ4n) is 2.52. The molecule has 2 aromatic carbocycles. The van der Waals surface area contributed by atoms with Crippen LogP contribution < -0.4 is 0 Å². The van der Waals surface area contributed by atoms with Gasteiger partial charge in [-0.1, -0.05) is 17.3 Å². The van der Waals surface area contributed by atoms with Crippen LogP contribution in [0.25, 0.3) is 27.8 Å². The summed E-state index contributed by atoms with van der Waals surface area (Å²) in [5.41, 5.74) is 2.98. The van der Waals surface area contributed by atoms with Gasteiger partial charge in [-0.2, -0.15) is 4.68 Å². The topological polar surface area (TPSA) is 69.9 Å². The van der Waals surface area contributed by atoms with Crippen LogP contribution in [-0.2, 0) is 4.74 Å². The molecule has 0 aliphatic heterocycles. The molecule has 2 heterocycles. The molecule has 0 unspecified atom stereocenters. The van der Waals surface area contributed by atoms with Crippen molar-refractivity contribution in [3.8, 4) is 5.82 Å². The van der Waals surface area contributed by atoms with E-state index in [0.29, 0.717) is 11.4 Å². The minimum absolute atomic E-state index is 0.363. The van der Waals surface area contributed by atoms with Gasteiger partial charge in [-0.25, -0.2) is 9.78 Å². The van der Waals surface area contributed by atoms with Crippen LogP contribution >= 0.6 is 0 Å². The summed E-state index contributed by atoms with van der Waals surface area (Å²) >= 11 is 0. The van der Waals surface area contributed by atoms with Crippen LogP contribution in [0.3, 0.4) is 0 Å². The molecule has 0 fully saturated rings. The van der Waals surface area contributed by atoms with Crippen LogP contribution in [0.15, 0.2) is 54.6 Å². The monoisotopic (exact) mass is 304 g/mol. The lowest BCUT2D eigenvalue weighted by atomic mass is 10.1. The molecule has 6 heteroatoms. The molecule has 0 saturated heterocycles. The van der Waals surface area contributed by atoms with Gasteiger partial charge in [0.15, 0.2) is 5.82 Å². The molecule has 0 spiro atoms. The second-order valence-corrected chi connectivity index (χ2v) is 5.06. The second kappa shape index (κ2) is 5.17. The zero-order valence-electron chi connectivity index (χ0n) is 12.3. The molecule has 112 valence electrons. The zero-order valence-corrected chi connectivity index (χ0v) is 12.3. The van der Waals surface area contributed by atoms with Gasteiger partial charge in [0.05, 0.1) is 23.7 Å². The van der Waals surface area contributed by atoms with Crippen molar-refractivity contribution in [1.29, 1.82) is 0 Å². The van der Waals surface area contributed by atoms with Crippen LogP contribution in [-0.4, -0.2) is 33.1 Å². The van der Waals surface area contributed by atoms with Crippen molar-refractivity contribution < 1.29 is 9.53 Å². The summed E-state index contributed by atoms with van der Waals surface area (Å²) in [5.74, 6) is 0.315. The Hall–Kier alpha value is -3.28. The maximum absolute atomic E-state index is 11.6. The van der Waals surface area contributed by atoms with Crippen molar-refractivity contribution in [3.63, 3.8) is 0 Å². The first-order valence-electron chi connectivity index (χ1n) is 7.06. The zero-order chi connectivity index (χ0) is 15.8. The Morgan fingerprint density at radius 2 is 1.91 bits per heavy atom. The number of rotatable bonds is 2. The Morgan fingerprint density at radius 3 is 2.78 bits per heavy atom. The highest BCUT2D eigenvalue weighted by Crippen LogP contribution is 2.19.